The molecule has 0 radical (unpaired) electrons. The number of nitrogens with zero attached hydrogens (tertiary/aromatic N) is 2. The van der Waals surface area contributed by atoms with Gasteiger partial charge in [-0.15, -0.1) is 0 Å². The summed E-state index contributed by atoms with van der Waals surface area (Å²) in [6, 6.07) is 5.90. The topological polar surface area (TPSA) is 87.4 Å². The van der Waals surface area contributed by atoms with Crippen LogP contribution >= 0.6 is 0 Å². The summed E-state index contributed by atoms with van der Waals surface area (Å²) < 4.78 is 64.4. The molecule has 0 fully saturated rings. The molecule has 0 aliphatic carbocycles. The molecule has 9 heteroatoms. The summed E-state index contributed by atoms with van der Waals surface area (Å²) in [7, 11) is -4.32. The van der Waals surface area contributed by atoms with E-state index in [1.165, 1.54) is 18.3 Å². The van der Waals surface area contributed by atoms with Crippen LogP contribution in [-0.4, -0.2) is 20.4 Å². The van der Waals surface area contributed by atoms with Gasteiger partial charge in [0.25, 0.3) is 0 Å². The first-order valence-corrected chi connectivity index (χ1v) is 8.21. The maximum atomic E-state index is 12.9. The maximum absolute atomic E-state index is 12.9. The molecule has 0 amide bonds. The van der Waals surface area contributed by atoms with Gasteiger partial charge in [0.05, 0.1) is 21.1 Å². The molecule has 3 rings (SSSR count). The van der Waals surface area contributed by atoms with E-state index in [-0.39, 0.29) is 27.3 Å². The Bertz CT molecular complexity index is 1080. The van der Waals surface area contributed by atoms with Gasteiger partial charge in [0.15, 0.2) is 0 Å². The fraction of sp³-hybridized carbons (Fsp3) is 0.0625. The zero-order valence-corrected chi connectivity index (χ0v) is 13.0. The number of hydrogen-bond acceptors (Lipinski definition) is 5. The average molecular weight is 364 g/mol. The van der Waals surface area contributed by atoms with Gasteiger partial charge in [-0.1, -0.05) is 18.2 Å². The number of alkyl halides is 3. The molecule has 1 aliphatic rings. The lowest BCUT2D eigenvalue weighted by atomic mass is 9.99. The van der Waals surface area contributed by atoms with Gasteiger partial charge in [0.2, 0.25) is 16.0 Å². The molecule has 2 aromatic rings. The number of fused-ring (bicyclic) bond motifs is 2. The van der Waals surface area contributed by atoms with Gasteiger partial charge in [0, 0.05) is 16.7 Å². The predicted molar refractivity (Wildman–Crippen MR) is 80.0 cm³/mol. The van der Waals surface area contributed by atoms with Gasteiger partial charge in [-0.05, 0) is 18.2 Å². The van der Waals surface area contributed by atoms with Crippen molar-refractivity contribution in [3.8, 4) is 6.19 Å². The van der Waals surface area contributed by atoms with Crippen LogP contribution in [-0.2, 0) is 16.0 Å². The summed E-state index contributed by atoms with van der Waals surface area (Å²) in [5.41, 5.74) is -1.20. The number of hydrogen-bond donors (Lipinski definition) is 0. The number of carbonyl (C=O) groups excluding carboxylic acids is 1. The third-order valence-corrected chi connectivity index (χ3v) is 5.54. The van der Waals surface area contributed by atoms with Crippen molar-refractivity contribution in [1.82, 2.24) is 0 Å². The highest BCUT2D eigenvalue weighted by Gasteiger charge is 2.38. The van der Waals surface area contributed by atoms with Crippen molar-refractivity contribution in [2.75, 3.05) is 0 Å². The number of rotatable bonds is 1. The quantitative estimate of drug-likeness (QED) is 0.491. The SMILES string of the molecule is N#C/N=C1\c2ccc(C=O)cc2S(=O)(=O)c2cc(C(F)(F)F)ccc21. The Morgan fingerprint density at radius 1 is 1.04 bits per heavy atom. The van der Waals surface area contributed by atoms with Crippen molar-refractivity contribution < 1.29 is 26.4 Å². The molecule has 2 aromatic carbocycles. The number of aliphatic imine (C=N–C) groups is 1. The highest BCUT2D eigenvalue weighted by Crippen LogP contribution is 2.39. The predicted octanol–water partition coefficient (Wildman–Crippen LogP) is 2.98. The Morgan fingerprint density at radius 3 is 2.20 bits per heavy atom. The lowest BCUT2D eigenvalue weighted by Gasteiger charge is -2.22. The standard InChI is InChI=1S/C16H7F3N2O3S/c17-16(18,19)10-2-4-12-14(6-10)25(23,24)13-5-9(7-22)1-3-11(13)15(12)21-8-20/h1-7H/b21-15+. The third-order valence-electron chi connectivity index (χ3n) is 3.70. The largest absolute Gasteiger partial charge is 0.416 e. The van der Waals surface area contributed by atoms with Crippen LogP contribution in [0.3, 0.4) is 0 Å². The van der Waals surface area contributed by atoms with Crippen LogP contribution in [0, 0.1) is 11.5 Å². The second-order valence-corrected chi connectivity index (χ2v) is 7.03. The van der Waals surface area contributed by atoms with Crippen LogP contribution in [0.1, 0.15) is 27.0 Å². The van der Waals surface area contributed by atoms with Crippen LogP contribution in [0.4, 0.5) is 13.2 Å². The summed E-state index contributed by atoms with van der Waals surface area (Å²) in [6.45, 7) is 0. The minimum atomic E-state index is -4.73. The van der Waals surface area contributed by atoms with Gasteiger partial charge >= 0.3 is 6.18 Å². The Kier molecular flexibility index (Phi) is 3.73. The fourth-order valence-corrected chi connectivity index (χ4v) is 4.30. The average Bonchev–Trinajstić information content (AvgIpc) is 2.57. The monoisotopic (exact) mass is 364 g/mol. The van der Waals surface area contributed by atoms with Crippen molar-refractivity contribution in [1.29, 1.82) is 5.26 Å². The first-order valence-electron chi connectivity index (χ1n) is 6.73. The summed E-state index contributed by atoms with van der Waals surface area (Å²) in [5, 5.41) is 8.86. The summed E-state index contributed by atoms with van der Waals surface area (Å²) in [4.78, 5) is 13.5. The maximum Gasteiger partial charge on any atom is 0.416 e. The molecule has 126 valence electrons. The van der Waals surface area contributed by atoms with Crippen molar-refractivity contribution in [2.24, 2.45) is 4.99 Å². The summed E-state index contributed by atoms with van der Waals surface area (Å²) in [6.07, 6.45) is -2.80. The van der Waals surface area contributed by atoms with E-state index in [0.717, 1.165) is 18.2 Å². The molecule has 5 nitrogen and oxygen atoms in total. The third kappa shape index (κ3) is 2.60. The molecule has 0 spiro atoms. The molecule has 25 heavy (non-hydrogen) atoms. The van der Waals surface area contributed by atoms with Gasteiger partial charge in [-0.2, -0.15) is 23.4 Å². The molecule has 0 unspecified atom stereocenters. The van der Waals surface area contributed by atoms with Gasteiger partial charge < -0.3 is 0 Å². The molecular formula is C16H7F3N2O3S. The molecule has 0 bridgehead atoms. The molecule has 1 aliphatic heterocycles. The molecule has 0 saturated heterocycles. The number of sulfone groups is 1. The number of carbonyl (C=O) groups is 1. The van der Waals surface area contributed by atoms with Crippen LogP contribution in [0.2, 0.25) is 0 Å². The molecule has 0 saturated carbocycles. The van der Waals surface area contributed by atoms with Crippen LogP contribution in [0.5, 0.6) is 0 Å². The van der Waals surface area contributed by atoms with E-state index in [1.807, 2.05) is 0 Å². The number of benzene rings is 2. The van der Waals surface area contributed by atoms with E-state index in [0.29, 0.717) is 12.4 Å². The van der Waals surface area contributed by atoms with Crippen molar-refractivity contribution >= 4 is 21.8 Å². The van der Waals surface area contributed by atoms with Crippen molar-refractivity contribution in [3.63, 3.8) is 0 Å². The second-order valence-electron chi connectivity index (χ2n) is 5.15. The summed E-state index contributed by atoms with van der Waals surface area (Å²) in [5.74, 6) is 0. The lowest BCUT2D eigenvalue weighted by Crippen LogP contribution is -2.22. The molecular weight excluding hydrogens is 357 g/mol. The van der Waals surface area contributed by atoms with E-state index in [2.05, 4.69) is 4.99 Å². The Hall–Kier alpha value is -2.99. The lowest BCUT2D eigenvalue weighted by molar-refractivity contribution is -0.137. The normalized spacial score (nSPS) is 16.6. The van der Waals surface area contributed by atoms with E-state index in [9.17, 15) is 26.4 Å². The van der Waals surface area contributed by atoms with Gasteiger partial charge in [-0.25, -0.2) is 8.42 Å². The smallest absolute Gasteiger partial charge is 0.298 e. The van der Waals surface area contributed by atoms with Crippen molar-refractivity contribution in [3.05, 3.63) is 58.7 Å². The van der Waals surface area contributed by atoms with E-state index >= 15 is 0 Å². The minimum absolute atomic E-state index is 0.0362. The Morgan fingerprint density at radius 2 is 1.64 bits per heavy atom. The molecule has 0 atom stereocenters. The second kappa shape index (κ2) is 5.53. The fourth-order valence-electron chi connectivity index (χ4n) is 2.58. The highest BCUT2D eigenvalue weighted by molar-refractivity contribution is 7.91. The van der Waals surface area contributed by atoms with Crippen LogP contribution < -0.4 is 0 Å². The zero-order valence-electron chi connectivity index (χ0n) is 12.2. The molecule has 1 heterocycles. The van der Waals surface area contributed by atoms with Crippen molar-refractivity contribution in [2.45, 2.75) is 16.0 Å². The summed E-state index contributed by atoms with van der Waals surface area (Å²) >= 11 is 0. The molecule has 0 aromatic heterocycles. The highest BCUT2D eigenvalue weighted by atomic mass is 32.2. The Labute approximate surface area is 140 Å². The first-order chi connectivity index (χ1) is 11.7. The van der Waals surface area contributed by atoms with E-state index in [4.69, 9.17) is 5.26 Å². The van der Waals surface area contributed by atoms with Crippen LogP contribution in [0.15, 0.2) is 51.2 Å². The first kappa shape index (κ1) is 16.9. The van der Waals surface area contributed by atoms with Crippen LogP contribution in [0.25, 0.3) is 0 Å². The van der Waals surface area contributed by atoms with Gasteiger partial charge in [-0.3, -0.25) is 4.79 Å². The van der Waals surface area contributed by atoms with Gasteiger partial charge in [0.1, 0.15) is 6.29 Å². The van der Waals surface area contributed by atoms with E-state index in [1.54, 1.807) is 0 Å². The zero-order chi connectivity index (χ0) is 18.4. The Balaban J connectivity index is 2.41. The number of nitriles is 1. The number of aldehydes is 1. The minimum Gasteiger partial charge on any atom is -0.298 e. The molecule has 0 N–H and O–H groups in total. The number of halogens is 3. The van der Waals surface area contributed by atoms with E-state index < -0.39 is 26.5 Å².